The third-order valence-electron chi connectivity index (χ3n) is 2.91. The van der Waals surface area contributed by atoms with E-state index in [0.29, 0.717) is 13.2 Å². The highest BCUT2D eigenvalue weighted by Crippen LogP contribution is 2.18. The Morgan fingerprint density at radius 3 is 2.25 bits per heavy atom. The van der Waals surface area contributed by atoms with Gasteiger partial charge >= 0.3 is 0 Å². The quantitative estimate of drug-likeness (QED) is 0.783. The number of aliphatic hydroxyl groups excluding tert-OH is 1. The number of benzene rings is 2. The van der Waals surface area contributed by atoms with Gasteiger partial charge in [-0.15, -0.1) is 0 Å². The van der Waals surface area contributed by atoms with Gasteiger partial charge in [-0.2, -0.15) is 0 Å². The van der Waals surface area contributed by atoms with Crippen molar-refractivity contribution in [2.24, 2.45) is 0 Å². The Kier molecular flexibility index (Phi) is 5.44. The average molecular weight is 272 g/mol. The summed E-state index contributed by atoms with van der Waals surface area (Å²) in [6, 6.07) is 17.3. The summed E-state index contributed by atoms with van der Waals surface area (Å²) in [7, 11) is 0. The topological polar surface area (TPSA) is 38.7 Å². The molecule has 0 aromatic heterocycles. The van der Waals surface area contributed by atoms with Gasteiger partial charge in [0.1, 0.15) is 11.5 Å². The third-order valence-corrected chi connectivity index (χ3v) is 2.91. The first-order valence-corrected chi connectivity index (χ1v) is 6.84. The lowest BCUT2D eigenvalue weighted by Crippen LogP contribution is -2.05. The lowest BCUT2D eigenvalue weighted by Gasteiger charge is -2.10. The van der Waals surface area contributed by atoms with Crippen LogP contribution in [0, 0.1) is 0 Å². The van der Waals surface area contributed by atoms with Gasteiger partial charge < -0.3 is 14.6 Å². The summed E-state index contributed by atoms with van der Waals surface area (Å²) >= 11 is 0. The Labute approximate surface area is 119 Å². The van der Waals surface area contributed by atoms with E-state index in [1.807, 2.05) is 54.6 Å². The maximum atomic E-state index is 9.51. The minimum absolute atomic E-state index is 0.472. The first-order chi connectivity index (χ1) is 9.75. The second-order valence-corrected chi connectivity index (χ2v) is 4.61. The summed E-state index contributed by atoms with van der Waals surface area (Å²) in [4.78, 5) is 0. The molecule has 0 spiro atoms. The zero-order valence-electron chi connectivity index (χ0n) is 11.7. The van der Waals surface area contributed by atoms with E-state index < -0.39 is 6.10 Å². The molecule has 20 heavy (non-hydrogen) atoms. The Morgan fingerprint density at radius 1 is 0.900 bits per heavy atom. The standard InChI is InChI=1S/C17H20O3/c1-14(18)15-7-5-10-17(13-15)20-12-6-11-19-16-8-3-2-4-9-16/h2-5,7-10,13-14,18H,6,11-12H2,1H3. The van der Waals surface area contributed by atoms with Crippen molar-refractivity contribution in [3.63, 3.8) is 0 Å². The number of aliphatic hydroxyl groups is 1. The number of rotatable bonds is 7. The monoisotopic (exact) mass is 272 g/mol. The van der Waals surface area contributed by atoms with E-state index in [4.69, 9.17) is 9.47 Å². The molecule has 0 saturated carbocycles. The third kappa shape index (κ3) is 4.59. The van der Waals surface area contributed by atoms with Crippen LogP contribution in [0.4, 0.5) is 0 Å². The molecule has 1 unspecified atom stereocenters. The minimum atomic E-state index is -0.472. The molecule has 2 rings (SSSR count). The van der Waals surface area contributed by atoms with Crippen molar-refractivity contribution in [1.82, 2.24) is 0 Å². The van der Waals surface area contributed by atoms with E-state index in [0.717, 1.165) is 23.5 Å². The molecule has 0 radical (unpaired) electrons. The Hall–Kier alpha value is -2.00. The highest BCUT2D eigenvalue weighted by Gasteiger charge is 2.02. The molecule has 1 N–H and O–H groups in total. The van der Waals surface area contributed by atoms with E-state index >= 15 is 0 Å². The summed E-state index contributed by atoms with van der Waals surface area (Å²) < 4.78 is 11.2. The van der Waals surface area contributed by atoms with E-state index in [2.05, 4.69) is 0 Å². The van der Waals surface area contributed by atoms with Crippen molar-refractivity contribution >= 4 is 0 Å². The van der Waals surface area contributed by atoms with Gasteiger partial charge in [-0.3, -0.25) is 0 Å². The Bertz CT molecular complexity index is 509. The summed E-state index contributed by atoms with van der Waals surface area (Å²) in [5.41, 5.74) is 0.864. The van der Waals surface area contributed by atoms with Crippen LogP contribution in [-0.2, 0) is 0 Å². The van der Waals surface area contributed by atoms with Gasteiger partial charge in [0.15, 0.2) is 0 Å². The SMILES string of the molecule is CC(O)c1cccc(OCCCOc2ccccc2)c1. The maximum Gasteiger partial charge on any atom is 0.119 e. The van der Waals surface area contributed by atoms with E-state index in [1.165, 1.54) is 0 Å². The van der Waals surface area contributed by atoms with E-state index in [-0.39, 0.29) is 0 Å². The zero-order valence-corrected chi connectivity index (χ0v) is 11.7. The van der Waals surface area contributed by atoms with Crippen molar-refractivity contribution in [3.05, 3.63) is 60.2 Å². The molecular formula is C17H20O3. The van der Waals surface area contributed by atoms with Crippen molar-refractivity contribution in [1.29, 1.82) is 0 Å². The second kappa shape index (κ2) is 7.56. The van der Waals surface area contributed by atoms with Gasteiger partial charge in [0.05, 0.1) is 19.3 Å². The number of hydrogen-bond donors (Lipinski definition) is 1. The van der Waals surface area contributed by atoms with Crippen LogP contribution in [0.5, 0.6) is 11.5 Å². The van der Waals surface area contributed by atoms with Crippen LogP contribution in [0.25, 0.3) is 0 Å². The summed E-state index contributed by atoms with van der Waals surface area (Å²) in [5.74, 6) is 1.66. The molecule has 3 nitrogen and oxygen atoms in total. The molecule has 1 atom stereocenters. The molecule has 3 heteroatoms. The van der Waals surface area contributed by atoms with Crippen LogP contribution in [0.1, 0.15) is 25.0 Å². The Morgan fingerprint density at radius 2 is 1.55 bits per heavy atom. The molecule has 0 amide bonds. The Balaban J connectivity index is 1.69. The second-order valence-electron chi connectivity index (χ2n) is 4.61. The maximum absolute atomic E-state index is 9.51. The predicted octanol–water partition coefficient (Wildman–Crippen LogP) is 3.59. The molecule has 0 bridgehead atoms. The molecule has 106 valence electrons. The van der Waals surface area contributed by atoms with Crippen LogP contribution in [0.3, 0.4) is 0 Å². The molecule has 0 fully saturated rings. The number of ether oxygens (including phenoxy) is 2. The molecule has 0 saturated heterocycles. The highest BCUT2D eigenvalue weighted by molar-refractivity contribution is 5.29. The summed E-state index contributed by atoms with van der Waals surface area (Å²) in [6.45, 7) is 2.96. The summed E-state index contributed by atoms with van der Waals surface area (Å²) in [6.07, 6.45) is 0.341. The van der Waals surface area contributed by atoms with E-state index in [1.54, 1.807) is 6.92 Å². The largest absolute Gasteiger partial charge is 0.493 e. The predicted molar refractivity (Wildman–Crippen MR) is 79.1 cm³/mol. The number of para-hydroxylation sites is 1. The fourth-order valence-electron chi connectivity index (χ4n) is 1.82. The van der Waals surface area contributed by atoms with E-state index in [9.17, 15) is 5.11 Å². The van der Waals surface area contributed by atoms with Crippen molar-refractivity contribution in [2.75, 3.05) is 13.2 Å². The van der Waals surface area contributed by atoms with Crippen LogP contribution in [-0.4, -0.2) is 18.3 Å². The lowest BCUT2D eigenvalue weighted by molar-refractivity contribution is 0.198. The normalized spacial score (nSPS) is 11.9. The molecule has 0 heterocycles. The summed E-state index contributed by atoms with van der Waals surface area (Å²) in [5, 5.41) is 9.51. The number of hydrogen-bond acceptors (Lipinski definition) is 3. The van der Waals surface area contributed by atoms with Crippen molar-refractivity contribution in [3.8, 4) is 11.5 Å². The molecular weight excluding hydrogens is 252 g/mol. The van der Waals surface area contributed by atoms with Crippen molar-refractivity contribution < 1.29 is 14.6 Å². The molecule has 2 aromatic rings. The van der Waals surface area contributed by atoms with Crippen LogP contribution < -0.4 is 9.47 Å². The fraction of sp³-hybridized carbons (Fsp3) is 0.294. The average Bonchev–Trinajstić information content (AvgIpc) is 2.48. The van der Waals surface area contributed by atoms with Gasteiger partial charge in [-0.1, -0.05) is 30.3 Å². The van der Waals surface area contributed by atoms with Crippen molar-refractivity contribution in [2.45, 2.75) is 19.4 Å². The lowest BCUT2D eigenvalue weighted by atomic mass is 10.1. The highest BCUT2D eigenvalue weighted by atomic mass is 16.5. The smallest absolute Gasteiger partial charge is 0.119 e. The first kappa shape index (κ1) is 14.4. The molecule has 0 aliphatic rings. The van der Waals surface area contributed by atoms with Gasteiger partial charge in [-0.25, -0.2) is 0 Å². The van der Waals surface area contributed by atoms with Crippen LogP contribution >= 0.6 is 0 Å². The zero-order chi connectivity index (χ0) is 14.2. The molecule has 0 aliphatic heterocycles. The van der Waals surface area contributed by atoms with Gasteiger partial charge in [0.2, 0.25) is 0 Å². The molecule has 0 aliphatic carbocycles. The molecule has 2 aromatic carbocycles. The van der Waals surface area contributed by atoms with Gasteiger partial charge in [0.25, 0.3) is 0 Å². The van der Waals surface area contributed by atoms with Gasteiger partial charge in [0, 0.05) is 6.42 Å². The van der Waals surface area contributed by atoms with Crippen LogP contribution in [0.15, 0.2) is 54.6 Å². The van der Waals surface area contributed by atoms with Gasteiger partial charge in [-0.05, 0) is 36.8 Å². The minimum Gasteiger partial charge on any atom is -0.493 e. The van der Waals surface area contributed by atoms with Crippen LogP contribution in [0.2, 0.25) is 0 Å². The fourth-order valence-corrected chi connectivity index (χ4v) is 1.82. The first-order valence-electron chi connectivity index (χ1n) is 6.84.